The van der Waals surface area contributed by atoms with Gasteiger partial charge >= 0.3 is 0 Å². The minimum atomic E-state index is 0.672. The summed E-state index contributed by atoms with van der Waals surface area (Å²) < 4.78 is 4.89. The Morgan fingerprint density at radius 2 is 0.980 bits per heavy atom. The maximum Gasteiger partial charge on any atom is 0.235 e. The van der Waals surface area contributed by atoms with Crippen molar-refractivity contribution in [3.63, 3.8) is 0 Å². The minimum absolute atomic E-state index is 0.672. The van der Waals surface area contributed by atoms with Crippen LogP contribution in [-0.4, -0.2) is 14.5 Å². The van der Waals surface area contributed by atoms with Crippen molar-refractivity contribution in [2.24, 2.45) is 0 Å². The van der Waals surface area contributed by atoms with Crippen LogP contribution in [0.2, 0.25) is 0 Å². The summed E-state index contributed by atoms with van der Waals surface area (Å²) in [5.41, 5.74) is 7.50. The fourth-order valence-corrected chi connectivity index (χ4v) is 9.26. The average Bonchev–Trinajstić information content (AvgIpc) is 3.75. The molecule has 0 unspecified atom stereocenters. The van der Waals surface area contributed by atoms with Crippen LogP contribution in [0.3, 0.4) is 0 Å². The number of nitrogens with zero attached hydrogens (tertiary/aromatic N) is 3. The van der Waals surface area contributed by atoms with Crippen molar-refractivity contribution >= 4 is 85.8 Å². The normalized spacial score (nSPS) is 12.0. The second-order valence-electron chi connectivity index (χ2n) is 12.9. The molecule has 0 fully saturated rings. The molecule has 0 amide bonds. The summed E-state index contributed by atoms with van der Waals surface area (Å²) in [5.74, 6) is 0.672. The molecule has 11 aromatic rings. The molecule has 0 spiro atoms. The number of fused-ring (bicyclic) bond motifs is 13. The summed E-state index contributed by atoms with van der Waals surface area (Å²) in [6, 6.07) is 58.6. The van der Waals surface area contributed by atoms with Crippen LogP contribution in [0.4, 0.5) is 0 Å². The van der Waals surface area contributed by atoms with Gasteiger partial charge in [-0.05, 0) is 51.6 Å². The van der Waals surface area contributed by atoms with Crippen LogP contribution < -0.4 is 0 Å². The molecule has 0 aliphatic heterocycles. The Morgan fingerprint density at radius 3 is 1.78 bits per heavy atom. The predicted molar refractivity (Wildman–Crippen MR) is 213 cm³/mol. The highest BCUT2D eigenvalue weighted by molar-refractivity contribution is 7.27. The second-order valence-corrected chi connectivity index (χ2v) is 14.0. The molecular weight excluding hydrogens is 627 g/mol. The largest absolute Gasteiger partial charge is 0.278 e. The minimum Gasteiger partial charge on any atom is -0.278 e. The van der Waals surface area contributed by atoms with Crippen LogP contribution in [0, 0.1) is 0 Å². The Bertz CT molecular complexity index is 3140. The van der Waals surface area contributed by atoms with Crippen LogP contribution in [0.15, 0.2) is 164 Å². The zero-order chi connectivity index (χ0) is 32.8. The van der Waals surface area contributed by atoms with Gasteiger partial charge in [-0.3, -0.25) is 4.57 Å². The van der Waals surface area contributed by atoms with E-state index in [0.717, 1.165) is 33.2 Å². The molecule has 0 aliphatic rings. The molecule has 8 aromatic carbocycles. The number of hydrogen-bond donors (Lipinski definition) is 0. The standard InChI is InChI=1S/C46H27N3S/c1-2-12-28(13-3-1)29-22-24-30(25-23-29)44-35-18-8-10-20-37(35)47-46(48-44)49-38-21-11-9-19-36(38)41-39(49)26-27-40-43(41)42-33-16-6-4-14-31(33)32-15-5-7-17-34(32)45(42)50-40/h1-27H. The highest BCUT2D eigenvalue weighted by Crippen LogP contribution is 2.48. The lowest BCUT2D eigenvalue weighted by atomic mass is 9.96. The van der Waals surface area contributed by atoms with E-state index in [-0.39, 0.29) is 0 Å². The number of para-hydroxylation sites is 2. The Balaban J connectivity index is 1.23. The number of aromatic nitrogens is 3. The maximum absolute atomic E-state index is 5.39. The van der Waals surface area contributed by atoms with Gasteiger partial charge < -0.3 is 0 Å². The highest BCUT2D eigenvalue weighted by Gasteiger charge is 2.22. The SMILES string of the molecule is c1ccc(-c2ccc(-c3nc(-n4c5ccccc5c5c6c(ccc54)sc4c5ccccc5c5ccccc5c46)nc4ccccc34)cc2)cc1. The van der Waals surface area contributed by atoms with Crippen LogP contribution in [-0.2, 0) is 0 Å². The molecule has 0 bridgehead atoms. The van der Waals surface area contributed by atoms with Crippen molar-refractivity contribution < 1.29 is 0 Å². The van der Waals surface area contributed by atoms with Gasteiger partial charge in [-0.1, -0.05) is 140 Å². The van der Waals surface area contributed by atoms with E-state index >= 15 is 0 Å². The molecule has 0 N–H and O–H groups in total. The lowest BCUT2D eigenvalue weighted by molar-refractivity contribution is 1.01. The summed E-state index contributed by atoms with van der Waals surface area (Å²) in [6.07, 6.45) is 0. The summed E-state index contributed by atoms with van der Waals surface area (Å²) in [6.45, 7) is 0. The summed E-state index contributed by atoms with van der Waals surface area (Å²) in [4.78, 5) is 10.6. The smallest absolute Gasteiger partial charge is 0.235 e. The Kier molecular flexibility index (Phi) is 5.83. The molecule has 3 heterocycles. The molecule has 0 radical (unpaired) electrons. The fourth-order valence-electron chi connectivity index (χ4n) is 8.00. The van der Waals surface area contributed by atoms with Gasteiger partial charge in [0.15, 0.2) is 0 Å². The quantitative estimate of drug-likeness (QED) is 0.178. The Morgan fingerprint density at radius 1 is 0.380 bits per heavy atom. The predicted octanol–water partition coefficient (Wildman–Crippen LogP) is 12.7. The summed E-state index contributed by atoms with van der Waals surface area (Å²) >= 11 is 1.90. The first-order chi connectivity index (χ1) is 24.8. The molecule has 3 nitrogen and oxygen atoms in total. The van der Waals surface area contributed by atoms with E-state index in [1.807, 2.05) is 11.3 Å². The van der Waals surface area contributed by atoms with Crippen LogP contribution in [0.5, 0.6) is 0 Å². The molecule has 3 aromatic heterocycles. The molecule has 50 heavy (non-hydrogen) atoms. The van der Waals surface area contributed by atoms with E-state index in [2.05, 4.69) is 168 Å². The van der Waals surface area contributed by atoms with Gasteiger partial charge in [-0.25, -0.2) is 9.97 Å². The first-order valence-corrected chi connectivity index (χ1v) is 17.7. The third-order valence-corrected chi connectivity index (χ3v) is 11.4. The highest BCUT2D eigenvalue weighted by atomic mass is 32.1. The van der Waals surface area contributed by atoms with Gasteiger partial charge in [0.05, 0.1) is 22.2 Å². The van der Waals surface area contributed by atoms with Gasteiger partial charge in [0, 0.05) is 47.3 Å². The first kappa shape index (κ1) is 27.6. The zero-order valence-corrected chi connectivity index (χ0v) is 27.7. The number of thiophene rings is 1. The van der Waals surface area contributed by atoms with E-state index < -0.39 is 0 Å². The number of rotatable bonds is 3. The summed E-state index contributed by atoms with van der Waals surface area (Å²) in [5, 5.41) is 11.3. The Hall–Kier alpha value is -6.36. The van der Waals surface area contributed by atoms with E-state index in [1.165, 1.54) is 63.6 Å². The van der Waals surface area contributed by atoms with Gasteiger partial charge in [-0.2, -0.15) is 0 Å². The van der Waals surface area contributed by atoms with Crippen LogP contribution >= 0.6 is 11.3 Å². The lowest BCUT2D eigenvalue weighted by Gasteiger charge is -2.12. The molecule has 0 aliphatic carbocycles. The lowest BCUT2D eigenvalue weighted by Crippen LogP contribution is -2.03. The molecule has 0 saturated carbocycles. The molecular formula is C46H27N3S. The van der Waals surface area contributed by atoms with Gasteiger partial charge in [-0.15, -0.1) is 11.3 Å². The fraction of sp³-hybridized carbons (Fsp3) is 0. The van der Waals surface area contributed by atoms with Crippen molar-refractivity contribution in [3.8, 4) is 28.3 Å². The number of benzene rings is 8. The van der Waals surface area contributed by atoms with E-state index in [9.17, 15) is 0 Å². The summed E-state index contributed by atoms with van der Waals surface area (Å²) in [7, 11) is 0. The van der Waals surface area contributed by atoms with Crippen molar-refractivity contribution in [2.45, 2.75) is 0 Å². The molecule has 11 rings (SSSR count). The Labute approximate surface area is 291 Å². The van der Waals surface area contributed by atoms with Gasteiger partial charge in [0.1, 0.15) is 0 Å². The van der Waals surface area contributed by atoms with Crippen LogP contribution in [0.25, 0.3) is 103 Å². The zero-order valence-electron chi connectivity index (χ0n) is 26.8. The van der Waals surface area contributed by atoms with Crippen molar-refractivity contribution in [1.82, 2.24) is 14.5 Å². The maximum atomic E-state index is 5.39. The van der Waals surface area contributed by atoms with Gasteiger partial charge in [0.2, 0.25) is 5.95 Å². The number of hydrogen-bond acceptors (Lipinski definition) is 3. The average molecular weight is 654 g/mol. The molecule has 4 heteroatoms. The topological polar surface area (TPSA) is 30.7 Å². The van der Waals surface area contributed by atoms with Crippen molar-refractivity contribution in [2.75, 3.05) is 0 Å². The van der Waals surface area contributed by atoms with Crippen molar-refractivity contribution in [1.29, 1.82) is 0 Å². The molecule has 232 valence electrons. The van der Waals surface area contributed by atoms with Gasteiger partial charge in [0.25, 0.3) is 0 Å². The van der Waals surface area contributed by atoms with Crippen molar-refractivity contribution in [3.05, 3.63) is 164 Å². The third-order valence-electron chi connectivity index (χ3n) is 10.2. The third kappa shape index (κ3) is 3.91. The molecule has 0 atom stereocenters. The first-order valence-electron chi connectivity index (χ1n) is 16.9. The van der Waals surface area contributed by atoms with E-state index in [4.69, 9.17) is 9.97 Å². The van der Waals surface area contributed by atoms with Crippen LogP contribution in [0.1, 0.15) is 0 Å². The molecule has 0 saturated heterocycles. The second kappa shape index (κ2) is 10.6. The van der Waals surface area contributed by atoms with E-state index in [0.29, 0.717) is 5.95 Å². The van der Waals surface area contributed by atoms with E-state index in [1.54, 1.807) is 0 Å². The monoisotopic (exact) mass is 653 g/mol.